The molecule has 0 amide bonds. The molecule has 0 radical (unpaired) electrons. The van der Waals surface area contributed by atoms with Crippen molar-refractivity contribution in [3.63, 3.8) is 0 Å². The molecular weight excluding hydrogens is 608 g/mol. The Kier molecular flexibility index (Phi) is 7.24. The molecule has 0 saturated heterocycles. The lowest BCUT2D eigenvalue weighted by Gasteiger charge is -2.17. The molecule has 4 aromatic carbocycles. The van der Waals surface area contributed by atoms with Crippen LogP contribution in [0.5, 0.6) is 57.5 Å². The van der Waals surface area contributed by atoms with Crippen LogP contribution in [0.15, 0.2) is 48.5 Å². The lowest BCUT2D eigenvalue weighted by molar-refractivity contribution is 0.0815. The fourth-order valence-corrected chi connectivity index (χ4v) is 5.04. The summed E-state index contributed by atoms with van der Waals surface area (Å²) in [6.45, 7) is -0.426. The molecule has 4 aromatic rings. The van der Waals surface area contributed by atoms with E-state index in [0.717, 1.165) is 36.4 Å². The van der Waals surface area contributed by atoms with E-state index < -0.39 is 57.3 Å². The lowest BCUT2D eigenvalue weighted by atomic mass is 9.87. The molecule has 0 atom stereocenters. The SMILES string of the molecule is COc1cc(-c2cc(OC)c(O)cc2C(=O)C(=O)c2cc(O)c3c(c2)OCO3)c(C(=O)C(=O)c2cc(O)c3c(c2)OCO3)cc1O. The first-order valence-electron chi connectivity index (χ1n) is 13.3. The van der Waals surface area contributed by atoms with Gasteiger partial charge in [-0.05, 0) is 59.7 Å². The summed E-state index contributed by atoms with van der Waals surface area (Å²) in [6, 6.07) is 8.61. The number of methoxy groups -OCH3 is 2. The first-order valence-corrected chi connectivity index (χ1v) is 13.3. The van der Waals surface area contributed by atoms with Gasteiger partial charge in [-0.3, -0.25) is 19.2 Å². The third kappa shape index (κ3) is 4.87. The predicted molar refractivity (Wildman–Crippen MR) is 154 cm³/mol. The molecule has 4 N–H and O–H groups in total. The van der Waals surface area contributed by atoms with Crippen LogP contribution in [0.4, 0.5) is 0 Å². The highest BCUT2D eigenvalue weighted by molar-refractivity contribution is 6.52. The van der Waals surface area contributed by atoms with Crippen LogP contribution in [0.1, 0.15) is 41.4 Å². The Balaban J connectivity index is 1.50. The summed E-state index contributed by atoms with van der Waals surface area (Å²) in [7, 11) is 2.44. The number of rotatable bonds is 9. The maximum absolute atomic E-state index is 13.8. The van der Waals surface area contributed by atoms with E-state index >= 15 is 0 Å². The number of ketones is 4. The Labute approximate surface area is 258 Å². The second-order valence-electron chi connectivity index (χ2n) is 9.91. The summed E-state index contributed by atoms with van der Waals surface area (Å²) in [4.78, 5) is 54.4. The van der Waals surface area contributed by atoms with Crippen molar-refractivity contribution in [2.75, 3.05) is 27.8 Å². The minimum absolute atomic E-state index is 0.00781. The molecule has 6 rings (SSSR count). The van der Waals surface area contributed by atoms with E-state index in [1.54, 1.807) is 0 Å². The van der Waals surface area contributed by atoms with Crippen LogP contribution in [0.25, 0.3) is 11.1 Å². The molecule has 0 saturated carbocycles. The highest BCUT2D eigenvalue weighted by atomic mass is 16.7. The van der Waals surface area contributed by atoms with Gasteiger partial charge >= 0.3 is 0 Å². The van der Waals surface area contributed by atoms with Crippen LogP contribution in [-0.4, -0.2) is 71.4 Å². The number of carbonyl (C=O) groups excluding carboxylic acids is 4. The van der Waals surface area contributed by atoms with Gasteiger partial charge in [0.2, 0.25) is 48.2 Å². The van der Waals surface area contributed by atoms with Gasteiger partial charge in [0, 0.05) is 22.3 Å². The number of aromatic hydroxyl groups is 4. The number of ether oxygens (including phenoxy) is 6. The number of phenols is 4. The zero-order valence-corrected chi connectivity index (χ0v) is 23.9. The Morgan fingerprint density at radius 1 is 0.522 bits per heavy atom. The monoisotopic (exact) mass is 630 g/mol. The van der Waals surface area contributed by atoms with Gasteiger partial charge in [0.1, 0.15) is 0 Å². The van der Waals surface area contributed by atoms with Gasteiger partial charge in [-0.2, -0.15) is 0 Å². The molecule has 0 fully saturated rings. The third-order valence-electron chi connectivity index (χ3n) is 7.26. The highest BCUT2D eigenvalue weighted by Gasteiger charge is 2.32. The van der Waals surface area contributed by atoms with E-state index in [1.165, 1.54) is 26.4 Å². The van der Waals surface area contributed by atoms with Crippen molar-refractivity contribution in [1.29, 1.82) is 0 Å². The molecule has 0 spiro atoms. The van der Waals surface area contributed by atoms with E-state index in [2.05, 4.69) is 0 Å². The standard InChI is InChI=1S/C32H22O14/c1-41-23-9-15(17(7-19(23)33)29(39)27(37)13-3-21(35)31-25(5-13)43-11-45-31)16-10-24(42-2)20(34)8-18(16)30(40)28(38)14-4-22(36)32-26(6-14)44-12-46-32/h3-10,33-36H,11-12H2,1-2H3. The molecule has 0 aromatic heterocycles. The molecule has 234 valence electrons. The Morgan fingerprint density at radius 3 is 1.28 bits per heavy atom. The topological polar surface area (TPSA) is 205 Å². The zero-order chi connectivity index (χ0) is 32.9. The van der Waals surface area contributed by atoms with Gasteiger partial charge in [-0.25, -0.2) is 0 Å². The van der Waals surface area contributed by atoms with E-state index in [0.29, 0.717) is 0 Å². The number of carbonyl (C=O) groups is 4. The lowest BCUT2D eigenvalue weighted by Crippen LogP contribution is -2.18. The van der Waals surface area contributed by atoms with Gasteiger partial charge < -0.3 is 48.8 Å². The molecule has 0 aliphatic carbocycles. The Bertz CT molecular complexity index is 1850. The molecule has 46 heavy (non-hydrogen) atoms. The number of phenolic OH excluding ortho intramolecular Hbond substituents is 4. The van der Waals surface area contributed by atoms with E-state index in [9.17, 15) is 39.6 Å². The first-order chi connectivity index (χ1) is 22.0. The van der Waals surface area contributed by atoms with Crippen LogP contribution in [0.2, 0.25) is 0 Å². The molecule has 14 heteroatoms. The van der Waals surface area contributed by atoms with Crippen molar-refractivity contribution in [3.05, 3.63) is 70.8 Å². The average Bonchev–Trinajstić information content (AvgIpc) is 3.74. The predicted octanol–water partition coefficient (Wildman–Crippen LogP) is 3.78. The van der Waals surface area contributed by atoms with Crippen LogP contribution in [-0.2, 0) is 0 Å². The molecule has 2 aliphatic rings. The molecule has 2 heterocycles. The quantitative estimate of drug-likeness (QED) is 0.154. The molecule has 0 bridgehead atoms. The van der Waals surface area contributed by atoms with Gasteiger partial charge in [-0.1, -0.05) is 0 Å². The average molecular weight is 631 g/mol. The number of Topliss-reactive ketones (excluding diaryl/α,β-unsaturated/α-hetero) is 4. The summed E-state index contributed by atoms with van der Waals surface area (Å²) in [5.41, 5.74) is -1.75. The van der Waals surface area contributed by atoms with Crippen molar-refractivity contribution >= 4 is 23.1 Å². The summed E-state index contributed by atoms with van der Waals surface area (Å²) in [5, 5.41) is 41.8. The molecular formula is C32H22O14. The van der Waals surface area contributed by atoms with Crippen LogP contribution in [0.3, 0.4) is 0 Å². The summed E-state index contributed by atoms with van der Waals surface area (Å²) < 4.78 is 31.2. The maximum Gasteiger partial charge on any atom is 0.234 e. The van der Waals surface area contributed by atoms with Gasteiger partial charge in [-0.15, -0.1) is 0 Å². The van der Waals surface area contributed by atoms with Gasteiger partial charge in [0.25, 0.3) is 0 Å². The third-order valence-corrected chi connectivity index (χ3v) is 7.26. The van der Waals surface area contributed by atoms with Crippen molar-refractivity contribution in [2.24, 2.45) is 0 Å². The van der Waals surface area contributed by atoms with Crippen molar-refractivity contribution in [1.82, 2.24) is 0 Å². The molecule has 0 unspecified atom stereocenters. The second-order valence-corrected chi connectivity index (χ2v) is 9.91. The Morgan fingerprint density at radius 2 is 0.913 bits per heavy atom. The number of hydrogen-bond donors (Lipinski definition) is 4. The Hall–Kier alpha value is -6.44. The molecule has 14 nitrogen and oxygen atoms in total. The first kappa shape index (κ1) is 29.6. The largest absolute Gasteiger partial charge is 0.504 e. The molecule has 2 aliphatic heterocycles. The second kappa shape index (κ2) is 11.2. The zero-order valence-electron chi connectivity index (χ0n) is 23.9. The summed E-state index contributed by atoms with van der Waals surface area (Å²) in [5.74, 6) is -6.93. The van der Waals surface area contributed by atoms with Crippen molar-refractivity contribution in [2.45, 2.75) is 0 Å². The van der Waals surface area contributed by atoms with Crippen LogP contribution in [0, 0.1) is 0 Å². The van der Waals surface area contributed by atoms with Crippen molar-refractivity contribution < 1.29 is 68.0 Å². The number of hydrogen-bond acceptors (Lipinski definition) is 14. The summed E-state index contributed by atoms with van der Waals surface area (Å²) in [6.07, 6.45) is 0. The summed E-state index contributed by atoms with van der Waals surface area (Å²) >= 11 is 0. The minimum Gasteiger partial charge on any atom is -0.504 e. The van der Waals surface area contributed by atoms with E-state index in [-0.39, 0.29) is 70.3 Å². The minimum atomic E-state index is -1.19. The van der Waals surface area contributed by atoms with Crippen LogP contribution >= 0.6 is 0 Å². The van der Waals surface area contributed by atoms with E-state index in [4.69, 9.17) is 28.4 Å². The van der Waals surface area contributed by atoms with Gasteiger partial charge in [0.15, 0.2) is 46.0 Å². The highest BCUT2D eigenvalue weighted by Crippen LogP contribution is 2.45. The fraction of sp³-hybridized carbons (Fsp3) is 0.125. The van der Waals surface area contributed by atoms with Crippen molar-refractivity contribution in [3.8, 4) is 68.6 Å². The normalized spacial score (nSPS) is 12.5. The number of benzene rings is 4. The van der Waals surface area contributed by atoms with Gasteiger partial charge in [0.05, 0.1) is 14.2 Å². The van der Waals surface area contributed by atoms with Crippen LogP contribution < -0.4 is 28.4 Å². The number of fused-ring (bicyclic) bond motifs is 2. The smallest absolute Gasteiger partial charge is 0.234 e. The maximum atomic E-state index is 13.8. The van der Waals surface area contributed by atoms with E-state index in [1.807, 2.05) is 0 Å². The fourth-order valence-electron chi connectivity index (χ4n) is 5.04.